The molecule has 2 amide bonds. The summed E-state index contributed by atoms with van der Waals surface area (Å²) >= 11 is 7.26. The number of aryl methyl sites for hydroxylation is 1. The van der Waals surface area contributed by atoms with E-state index in [1.165, 1.54) is 35.6 Å². The van der Waals surface area contributed by atoms with Gasteiger partial charge >= 0.3 is 0 Å². The van der Waals surface area contributed by atoms with Gasteiger partial charge in [0.15, 0.2) is 5.13 Å². The first-order valence-electron chi connectivity index (χ1n) is 8.23. The van der Waals surface area contributed by atoms with E-state index in [-0.39, 0.29) is 12.2 Å². The van der Waals surface area contributed by atoms with Crippen LogP contribution in [0.4, 0.5) is 20.9 Å². The number of rotatable bonds is 6. The van der Waals surface area contributed by atoms with Gasteiger partial charge < -0.3 is 16.0 Å². The van der Waals surface area contributed by atoms with Gasteiger partial charge in [0, 0.05) is 21.8 Å². The highest BCUT2D eigenvalue weighted by Crippen LogP contribution is 2.26. The molecule has 144 valence electrons. The lowest BCUT2D eigenvalue weighted by Crippen LogP contribution is -2.33. The number of nitrogens with zero attached hydrogens (tertiary/aromatic N) is 1. The van der Waals surface area contributed by atoms with Crippen LogP contribution >= 0.6 is 22.9 Å². The Labute approximate surface area is 169 Å². The van der Waals surface area contributed by atoms with Crippen molar-refractivity contribution in [1.29, 1.82) is 0 Å². The molecule has 0 unspecified atom stereocenters. The minimum Gasteiger partial charge on any atom is -0.342 e. The van der Waals surface area contributed by atoms with Crippen molar-refractivity contribution in [3.8, 4) is 0 Å². The number of thiazole rings is 1. The number of hydrogen-bond donors (Lipinski definition) is 3. The fourth-order valence-corrected chi connectivity index (χ4v) is 3.14. The van der Waals surface area contributed by atoms with E-state index < -0.39 is 17.6 Å². The molecule has 0 saturated heterocycles. The maximum absolute atomic E-state index is 12.9. The minimum atomic E-state index is -0.471. The molecule has 6 nitrogen and oxygen atoms in total. The third-order valence-corrected chi connectivity index (χ3v) is 4.71. The molecule has 0 aliphatic rings. The zero-order valence-electron chi connectivity index (χ0n) is 14.8. The highest BCUT2D eigenvalue weighted by Gasteiger charge is 2.13. The Hall–Kier alpha value is -2.97. The van der Waals surface area contributed by atoms with Crippen LogP contribution in [0.1, 0.15) is 16.1 Å². The SMILES string of the molecule is Cc1ccc(Cl)cc1Nc1nc(C(=O)NCC(=O)Nc2ccc(F)cc2)cs1. The lowest BCUT2D eigenvalue weighted by Gasteiger charge is -2.07. The maximum atomic E-state index is 12.9. The number of nitrogens with one attached hydrogen (secondary N) is 3. The third-order valence-electron chi connectivity index (χ3n) is 3.72. The van der Waals surface area contributed by atoms with Crippen LogP contribution in [0.5, 0.6) is 0 Å². The van der Waals surface area contributed by atoms with Crippen LogP contribution in [0.3, 0.4) is 0 Å². The van der Waals surface area contributed by atoms with E-state index in [1.807, 2.05) is 13.0 Å². The lowest BCUT2D eigenvalue weighted by molar-refractivity contribution is -0.115. The van der Waals surface area contributed by atoms with Crippen molar-refractivity contribution >= 4 is 51.3 Å². The fourth-order valence-electron chi connectivity index (χ4n) is 2.27. The first-order chi connectivity index (χ1) is 13.4. The van der Waals surface area contributed by atoms with Gasteiger partial charge in [0.05, 0.1) is 6.54 Å². The van der Waals surface area contributed by atoms with Crippen LogP contribution in [-0.2, 0) is 4.79 Å². The van der Waals surface area contributed by atoms with Crippen LogP contribution in [0.25, 0.3) is 0 Å². The molecule has 2 aromatic carbocycles. The normalized spacial score (nSPS) is 10.4. The molecular weight excluding hydrogens is 403 g/mol. The van der Waals surface area contributed by atoms with Crippen LogP contribution in [-0.4, -0.2) is 23.3 Å². The number of benzene rings is 2. The molecule has 1 aromatic heterocycles. The van der Waals surface area contributed by atoms with Gasteiger partial charge in [0.2, 0.25) is 5.91 Å². The smallest absolute Gasteiger partial charge is 0.271 e. The average Bonchev–Trinajstić information content (AvgIpc) is 3.13. The van der Waals surface area contributed by atoms with E-state index in [2.05, 4.69) is 20.9 Å². The molecule has 0 spiro atoms. The van der Waals surface area contributed by atoms with Crippen molar-refractivity contribution in [1.82, 2.24) is 10.3 Å². The van der Waals surface area contributed by atoms with Crippen molar-refractivity contribution in [2.45, 2.75) is 6.92 Å². The monoisotopic (exact) mass is 418 g/mol. The topological polar surface area (TPSA) is 83.1 Å². The number of halogens is 2. The molecule has 0 fully saturated rings. The van der Waals surface area contributed by atoms with Crippen molar-refractivity contribution < 1.29 is 14.0 Å². The molecule has 9 heteroatoms. The molecule has 0 aliphatic carbocycles. The van der Waals surface area contributed by atoms with Gasteiger partial charge in [-0.15, -0.1) is 11.3 Å². The summed E-state index contributed by atoms with van der Waals surface area (Å²) in [5, 5.41) is 10.9. The van der Waals surface area contributed by atoms with Gasteiger partial charge in [0.1, 0.15) is 11.5 Å². The zero-order chi connectivity index (χ0) is 20.1. The second kappa shape index (κ2) is 8.81. The molecule has 0 atom stereocenters. The van der Waals surface area contributed by atoms with Crippen molar-refractivity contribution in [3.05, 3.63) is 69.9 Å². The first-order valence-corrected chi connectivity index (χ1v) is 9.49. The van der Waals surface area contributed by atoms with Gasteiger partial charge in [-0.3, -0.25) is 9.59 Å². The van der Waals surface area contributed by atoms with Crippen LogP contribution in [0, 0.1) is 12.7 Å². The molecule has 0 bridgehead atoms. The summed E-state index contributed by atoms with van der Waals surface area (Å²) < 4.78 is 12.9. The summed E-state index contributed by atoms with van der Waals surface area (Å²) in [5.74, 6) is -1.29. The fraction of sp³-hybridized carbons (Fsp3) is 0.105. The molecule has 0 saturated carbocycles. The Kier molecular flexibility index (Phi) is 6.23. The van der Waals surface area contributed by atoms with Crippen LogP contribution < -0.4 is 16.0 Å². The minimum absolute atomic E-state index is 0.196. The molecule has 0 aliphatic heterocycles. The number of carbonyl (C=O) groups excluding carboxylic acids is 2. The predicted molar refractivity (Wildman–Crippen MR) is 109 cm³/mol. The second-order valence-corrected chi connectivity index (χ2v) is 7.15. The Bertz CT molecular complexity index is 1010. The summed E-state index contributed by atoms with van der Waals surface area (Å²) in [4.78, 5) is 28.3. The third kappa shape index (κ3) is 5.28. The Balaban J connectivity index is 1.54. The van der Waals surface area contributed by atoms with Gasteiger partial charge in [-0.25, -0.2) is 9.37 Å². The molecule has 3 aromatic rings. The largest absolute Gasteiger partial charge is 0.342 e. The highest BCUT2D eigenvalue weighted by molar-refractivity contribution is 7.14. The van der Waals surface area contributed by atoms with E-state index in [1.54, 1.807) is 17.5 Å². The number of hydrogen-bond acceptors (Lipinski definition) is 5. The number of anilines is 3. The molecule has 3 rings (SSSR count). The van der Waals surface area contributed by atoms with E-state index in [0.29, 0.717) is 15.8 Å². The number of carbonyl (C=O) groups is 2. The molecule has 28 heavy (non-hydrogen) atoms. The predicted octanol–water partition coefficient (Wildman–Crippen LogP) is 4.36. The summed E-state index contributed by atoms with van der Waals surface area (Å²) in [6, 6.07) is 10.8. The quantitative estimate of drug-likeness (QED) is 0.555. The Morgan fingerprint density at radius 2 is 1.93 bits per heavy atom. The lowest BCUT2D eigenvalue weighted by atomic mass is 10.2. The van der Waals surface area contributed by atoms with E-state index >= 15 is 0 Å². The standard InChI is InChI=1S/C19H16ClFN4O2S/c1-11-2-3-12(20)8-15(11)24-19-25-16(10-28-19)18(27)22-9-17(26)23-14-6-4-13(21)5-7-14/h2-8,10H,9H2,1H3,(H,22,27)(H,23,26)(H,24,25). The number of amides is 2. The highest BCUT2D eigenvalue weighted by atomic mass is 35.5. The van der Waals surface area contributed by atoms with Crippen LogP contribution in [0.2, 0.25) is 5.02 Å². The second-order valence-electron chi connectivity index (χ2n) is 5.86. The summed E-state index contributed by atoms with van der Waals surface area (Å²) in [6.07, 6.45) is 0. The Morgan fingerprint density at radius 1 is 1.18 bits per heavy atom. The first kappa shape index (κ1) is 19.8. The van der Waals surface area contributed by atoms with Gasteiger partial charge in [-0.05, 0) is 48.9 Å². The number of aromatic nitrogens is 1. The van der Waals surface area contributed by atoms with E-state index in [4.69, 9.17) is 11.6 Å². The van der Waals surface area contributed by atoms with Crippen molar-refractivity contribution in [2.75, 3.05) is 17.2 Å². The van der Waals surface area contributed by atoms with Gasteiger partial charge in [0.25, 0.3) is 5.91 Å². The Morgan fingerprint density at radius 3 is 2.68 bits per heavy atom. The summed E-state index contributed by atoms with van der Waals surface area (Å²) in [5.41, 5.74) is 2.43. The zero-order valence-corrected chi connectivity index (χ0v) is 16.3. The van der Waals surface area contributed by atoms with E-state index in [0.717, 1.165) is 11.3 Å². The van der Waals surface area contributed by atoms with Crippen LogP contribution in [0.15, 0.2) is 47.8 Å². The molecule has 3 N–H and O–H groups in total. The molecule has 0 radical (unpaired) electrons. The summed E-state index contributed by atoms with van der Waals surface area (Å²) in [7, 11) is 0. The van der Waals surface area contributed by atoms with E-state index in [9.17, 15) is 14.0 Å². The maximum Gasteiger partial charge on any atom is 0.271 e. The van der Waals surface area contributed by atoms with Crippen molar-refractivity contribution in [2.24, 2.45) is 0 Å². The average molecular weight is 419 g/mol. The van der Waals surface area contributed by atoms with Gasteiger partial charge in [-0.1, -0.05) is 17.7 Å². The molecule has 1 heterocycles. The summed E-state index contributed by atoms with van der Waals surface area (Å²) in [6.45, 7) is 1.70. The van der Waals surface area contributed by atoms with Gasteiger partial charge in [-0.2, -0.15) is 0 Å². The molecular formula is C19H16ClFN4O2S. The van der Waals surface area contributed by atoms with Crippen molar-refractivity contribution in [3.63, 3.8) is 0 Å².